The number of methoxy groups -OCH3 is 2. The second kappa shape index (κ2) is 7.06. The first-order valence-electron chi connectivity index (χ1n) is 9.38. The van der Waals surface area contributed by atoms with Gasteiger partial charge in [-0.25, -0.2) is 5.01 Å². The van der Waals surface area contributed by atoms with Gasteiger partial charge in [0.1, 0.15) is 11.5 Å². The Morgan fingerprint density at radius 3 is 2.48 bits per heavy atom. The van der Waals surface area contributed by atoms with E-state index in [0.717, 1.165) is 41.2 Å². The van der Waals surface area contributed by atoms with Crippen molar-refractivity contribution in [2.24, 2.45) is 11.0 Å². The number of benzene rings is 2. The van der Waals surface area contributed by atoms with Gasteiger partial charge in [-0.15, -0.1) is 0 Å². The highest BCUT2D eigenvalue weighted by Gasteiger charge is 2.43. The van der Waals surface area contributed by atoms with Gasteiger partial charge in [0.05, 0.1) is 26.0 Å². The fourth-order valence-electron chi connectivity index (χ4n) is 4.13. The van der Waals surface area contributed by atoms with Crippen molar-refractivity contribution in [3.05, 3.63) is 59.2 Å². The molecule has 0 fully saturated rings. The van der Waals surface area contributed by atoms with Crippen LogP contribution in [0.5, 0.6) is 11.5 Å². The molecular weight excluding hydrogens is 340 g/mol. The maximum absolute atomic E-state index is 12.7. The molecule has 2 aromatic carbocycles. The summed E-state index contributed by atoms with van der Waals surface area (Å²) in [7, 11) is 3.34. The molecule has 0 aromatic heterocycles. The number of hydrogen-bond acceptors (Lipinski definition) is 4. The number of nitrogens with zero attached hydrogens (tertiary/aromatic N) is 2. The highest BCUT2D eigenvalue weighted by Crippen LogP contribution is 2.44. The van der Waals surface area contributed by atoms with E-state index < -0.39 is 0 Å². The number of hydrogen-bond donors (Lipinski definition) is 0. The summed E-state index contributed by atoms with van der Waals surface area (Å²) >= 11 is 0. The standard InChI is InChI=1S/C22H24N2O3/c1-4-20(25)24-22(14-5-8-16(26-2)9-6-14)19-11-7-15-13-17(27-3)10-12-18(15)21(19)23-24/h5-6,8-10,12-13,19,22H,4,7,11H2,1-3H3/t19-,22+/m0/s1. The first-order chi connectivity index (χ1) is 13.2. The Morgan fingerprint density at radius 1 is 1.11 bits per heavy atom. The van der Waals surface area contributed by atoms with E-state index in [1.165, 1.54) is 5.56 Å². The zero-order chi connectivity index (χ0) is 19.0. The van der Waals surface area contributed by atoms with Crippen molar-refractivity contribution in [1.82, 2.24) is 5.01 Å². The lowest BCUT2D eigenvalue weighted by molar-refractivity contribution is -0.133. The number of amides is 1. The number of aryl methyl sites for hydroxylation is 1. The van der Waals surface area contributed by atoms with Crippen LogP contribution in [0.25, 0.3) is 0 Å². The molecule has 0 N–H and O–H groups in total. The molecule has 2 atom stereocenters. The monoisotopic (exact) mass is 364 g/mol. The van der Waals surface area contributed by atoms with E-state index in [1.807, 2.05) is 37.3 Å². The fraction of sp³-hybridized carbons (Fsp3) is 0.364. The summed E-state index contributed by atoms with van der Waals surface area (Å²) in [6, 6.07) is 14.0. The van der Waals surface area contributed by atoms with Gasteiger partial charge in [-0.1, -0.05) is 19.1 Å². The Balaban J connectivity index is 1.76. The van der Waals surface area contributed by atoms with Crippen LogP contribution in [0.2, 0.25) is 0 Å². The van der Waals surface area contributed by atoms with Crippen LogP contribution in [-0.4, -0.2) is 30.8 Å². The van der Waals surface area contributed by atoms with Crippen LogP contribution in [0.1, 0.15) is 42.5 Å². The quantitative estimate of drug-likeness (QED) is 0.825. The highest BCUT2D eigenvalue weighted by molar-refractivity contribution is 6.07. The fourth-order valence-corrected chi connectivity index (χ4v) is 4.13. The molecular formula is C22H24N2O3. The molecule has 5 nitrogen and oxygen atoms in total. The van der Waals surface area contributed by atoms with Gasteiger partial charge in [0.15, 0.2) is 0 Å². The molecule has 0 unspecified atom stereocenters. The molecule has 0 saturated heterocycles. The molecule has 27 heavy (non-hydrogen) atoms. The van der Waals surface area contributed by atoms with E-state index in [9.17, 15) is 4.79 Å². The van der Waals surface area contributed by atoms with Crippen molar-refractivity contribution < 1.29 is 14.3 Å². The average molecular weight is 364 g/mol. The smallest absolute Gasteiger partial charge is 0.242 e. The van der Waals surface area contributed by atoms with E-state index in [1.54, 1.807) is 19.2 Å². The molecule has 0 saturated carbocycles. The lowest BCUT2D eigenvalue weighted by atomic mass is 9.77. The van der Waals surface area contributed by atoms with E-state index >= 15 is 0 Å². The van der Waals surface area contributed by atoms with Gasteiger partial charge in [-0.2, -0.15) is 5.10 Å². The summed E-state index contributed by atoms with van der Waals surface area (Å²) in [6.45, 7) is 1.88. The predicted octanol–water partition coefficient (Wildman–Crippen LogP) is 3.96. The third-order valence-corrected chi connectivity index (χ3v) is 5.54. The van der Waals surface area contributed by atoms with Crippen molar-refractivity contribution in [2.75, 3.05) is 14.2 Å². The van der Waals surface area contributed by atoms with Crippen LogP contribution >= 0.6 is 0 Å². The molecule has 4 rings (SSSR count). The number of carbonyl (C=O) groups excluding carboxylic acids is 1. The number of carbonyl (C=O) groups is 1. The van der Waals surface area contributed by atoms with Crippen molar-refractivity contribution in [3.63, 3.8) is 0 Å². The van der Waals surface area contributed by atoms with E-state index in [4.69, 9.17) is 14.6 Å². The minimum Gasteiger partial charge on any atom is -0.497 e. The van der Waals surface area contributed by atoms with Crippen molar-refractivity contribution in [2.45, 2.75) is 32.2 Å². The Labute approximate surface area is 159 Å². The van der Waals surface area contributed by atoms with Crippen LogP contribution in [0.3, 0.4) is 0 Å². The summed E-state index contributed by atoms with van der Waals surface area (Å²) in [5, 5.41) is 6.50. The maximum Gasteiger partial charge on any atom is 0.242 e. The topological polar surface area (TPSA) is 51.1 Å². The number of fused-ring (bicyclic) bond motifs is 3. The van der Waals surface area contributed by atoms with E-state index in [0.29, 0.717) is 6.42 Å². The van der Waals surface area contributed by atoms with E-state index in [-0.39, 0.29) is 17.9 Å². The molecule has 5 heteroatoms. The Hall–Kier alpha value is -2.82. The van der Waals surface area contributed by atoms with Crippen LogP contribution in [0, 0.1) is 5.92 Å². The molecule has 1 aliphatic heterocycles. The molecule has 0 bridgehead atoms. The van der Waals surface area contributed by atoms with Crippen LogP contribution in [-0.2, 0) is 11.2 Å². The number of hydrazone groups is 1. The van der Waals surface area contributed by atoms with Gasteiger partial charge in [-0.05, 0) is 54.3 Å². The third kappa shape index (κ3) is 2.97. The van der Waals surface area contributed by atoms with Crippen molar-refractivity contribution in [1.29, 1.82) is 0 Å². The highest BCUT2D eigenvalue weighted by atomic mass is 16.5. The molecule has 0 radical (unpaired) electrons. The van der Waals surface area contributed by atoms with Gasteiger partial charge in [0.25, 0.3) is 0 Å². The molecule has 1 heterocycles. The van der Waals surface area contributed by atoms with Crippen LogP contribution < -0.4 is 9.47 Å². The van der Waals surface area contributed by atoms with Crippen molar-refractivity contribution >= 4 is 11.6 Å². The normalized spacial score (nSPS) is 20.6. The third-order valence-electron chi connectivity index (χ3n) is 5.54. The maximum atomic E-state index is 12.7. The summed E-state index contributed by atoms with van der Waals surface area (Å²) in [5.41, 5.74) is 4.49. The molecule has 1 aliphatic carbocycles. The zero-order valence-electron chi connectivity index (χ0n) is 15.9. The minimum atomic E-state index is -0.0615. The molecule has 2 aliphatic rings. The summed E-state index contributed by atoms with van der Waals surface area (Å²) < 4.78 is 10.6. The summed E-state index contributed by atoms with van der Waals surface area (Å²) in [6.07, 6.45) is 2.35. The van der Waals surface area contributed by atoms with Crippen LogP contribution in [0.15, 0.2) is 47.6 Å². The zero-order valence-corrected chi connectivity index (χ0v) is 15.9. The Bertz CT molecular complexity index is 889. The molecule has 2 aromatic rings. The molecule has 140 valence electrons. The Morgan fingerprint density at radius 2 is 1.81 bits per heavy atom. The van der Waals surface area contributed by atoms with Gasteiger partial charge in [-0.3, -0.25) is 4.79 Å². The first kappa shape index (κ1) is 17.6. The number of ether oxygens (including phenoxy) is 2. The lowest BCUT2D eigenvalue weighted by Gasteiger charge is -2.29. The summed E-state index contributed by atoms with van der Waals surface area (Å²) in [5.74, 6) is 1.92. The van der Waals surface area contributed by atoms with Gasteiger partial charge in [0, 0.05) is 17.9 Å². The van der Waals surface area contributed by atoms with Crippen molar-refractivity contribution in [3.8, 4) is 11.5 Å². The first-order valence-corrected chi connectivity index (χ1v) is 9.38. The Kier molecular flexibility index (Phi) is 4.60. The van der Waals surface area contributed by atoms with Gasteiger partial charge < -0.3 is 9.47 Å². The second-order valence-electron chi connectivity index (χ2n) is 6.96. The van der Waals surface area contributed by atoms with Crippen LogP contribution in [0.4, 0.5) is 0 Å². The lowest BCUT2D eigenvalue weighted by Crippen LogP contribution is -2.31. The second-order valence-corrected chi connectivity index (χ2v) is 6.96. The minimum absolute atomic E-state index is 0.0489. The summed E-state index contributed by atoms with van der Waals surface area (Å²) in [4.78, 5) is 12.7. The molecule has 1 amide bonds. The van der Waals surface area contributed by atoms with Gasteiger partial charge >= 0.3 is 0 Å². The average Bonchev–Trinajstić information content (AvgIpc) is 3.12. The predicted molar refractivity (Wildman–Crippen MR) is 104 cm³/mol. The SMILES string of the molecule is CCC(=O)N1N=C2c3ccc(OC)cc3CC[C@@H]2[C@H]1c1ccc(OC)cc1. The largest absolute Gasteiger partial charge is 0.497 e. The molecule has 0 spiro atoms. The van der Waals surface area contributed by atoms with E-state index in [2.05, 4.69) is 12.1 Å². The van der Waals surface area contributed by atoms with Gasteiger partial charge in [0.2, 0.25) is 5.91 Å². The number of rotatable bonds is 4.